The van der Waals surface area contributed by atoms with Gasteiger partial charge in [-0.2, -0.15) is 0 Å². The Balaban J connectivity index is 1.38. The van der Waals surface area contributed by atoms with Gasteiger partial charge >= 0.3 is 0 Å². The first kappa shape index (κ1) is 15.0. The van der Waals surface area contributed by atoms with Gasteiger partial charge in [-0.3, -0.25) is 4.79 Å². The number of hydrogen-bond acceptors (Lipinski definition) is 4. The fourth-order valence-electron chi connectivity index (χ4n) is 3.56. The number of rotatable bonds is 4. The molecule has 0 saturated carbocycles. The Morgan fingerprint density at radius 3 is 2.29 bits per heavy atom. The van der Waals surface area contributed by atoms with Gasteiger partial charge in [0.05, 0.1) is 0 Å². The molecule has 2 aromatic rings. The number of benzene rings is 2. The van der Waals surface area contributed by atoms with Crippen LogP contribution in [0, 0.1) is 0 Å². The highest BCUT2D eigenvalue weighted by Crippen LogP contribution is 2.28. The Kier molecular flexibility index (Phi) is 3.86. The van der Waals surface area contributed by atoms with Crippen molar-refractivity contribution in [2.24, 2.45) is 0 Å². The van der Waals surface area contributed by atoms with Crippen LogP contribution in [0.1, 0.15) is 29.6 Å². The lowest BCUT2D eigenvalue weighted by Gasteiger charge is -2.21. The van der Waals surface area contributed by atoms with Crippen LogP contribution in [0.15, 0.2) is 48.5 Å². The standard InChI is InChI=1S/C19H20N2O3/c22-14-4-8-16(9-5-14)24-15-6-1-12(2-7-15)19(23)21-18-11-13-3-10-17(18)20-13/h1-2,4-9,13,17-18,20,22H,3,10-11H2,(H,21,23)/t13-,17+,18-/m1/s1. The molecule has 0 spiro atoms. The second-order valence-electron chi connectivity index (χ2n) is 6.48. The number of phenols is 1. The summed E-state index contributed by atoms with van der Waals surface area (Å²) in [5.74, 6) is 1.45. The third-order valence-electron chi connectivity index (χ3n) is 4.81. The van der Waals surface area contributed by atoms with E-state index < -0.39 is 0 Å². The predicted molar refractivity (Wildman–Crippen MR) is 90.4 cm³/mol. The summed E-state index contributed by atoms with van der Waals surface area (Å²) in [7, 11) is 0. The number of phenolic OH excluding ortho intramolecular Hbond substituents is 1. The van der Waals surface area contributed by atoms with E-state index in [-0.39, 0.29) is 17.7 Å². The van der Waals surface area contributed by atoms with E-state index in [1.165, 1.54) is 6.42 Å². The van der Waals surface area contributed by atoms with Crippen molar-refractivity contribution < 1.29 is 14.6 Å². The van der Waals surface area contributed by atoms with Crippen molar-refractivity contribution in [2.75, 3.05) is 0 Å². The van der Waals surface area contributed by atoms with Crippen LogP contribution in [0.4, 0.5) is 0 Å². The molecule has 0 unspecified atom stereocenters. The number of hydrogen-bond donors (Lipinski definition) is 3. The zero-order valence-corrected chi connectivity index (χ0v) is 13.2. The van der Waals surface area contributed by atoms with E-state index in [2.05, 4.69) is 10.6 Å². The van der Waals surface area contributed by atoms with Crippen molar-refractivity contribution in [3.63, 3.8) is 0 Å². The molecule has 2 heterocycles. The normalized spacial score (nSPS) is 24.8. The highest BCUT2D eigenvalue weighted by Gasteiger charge is 2.39. The molecule has 0 aliphatic carbocycles. The van der Waals surface area contributed by atoms with E-state index in [9.17, 15) is 9.90 Å². The Labute approximate surface area is 140 Å². The Bertz CT molecular complexity index is 727. The van der Waals surface area contributed by atoms with Gasteiger partial charge < -0.3 is 20.5 Å². The molecule has 124 valence electrons. The predicted octanol–water partition coefficient (Wildman–Crippen LogP) is 2.81. The first-order chi connectivity index (χ1) is 11.7. The number of ether oxygens (including phenoxy) is 1. The molecule has 2 saturated heterocycles. The lowest BCUT2D eigenvalue weighted by atomic mass is 9.95. The average molecular weight is 324 g/mol. The Morgan fingerprint density at radius 2 is 1.71 bits per heavy atom. The molecular weight excluding hydrogens is 304 g/mol. The minimum absolute atomic E-state index is 0.0365. The fraction of sp³-hybridized carbons (Fsp3) is 0.316. The molecule has 1 amide bonds. The molecule has 2 bridgehead atoms. The number of aromatic hydroxyl groups is 1. The molecule has 24 heavy (non-hydrogen) atoms. The zero-order chi connectivity index (χ0) is 16.5. The summed E-state index contributed by atoms with van der Waals surface area (Å²) in [5.41, 5.74) is 0.635. The summed E-state index contributed by atoms with van der Waals surface area (Å²) in [4.78, 5) is 12.4. The summed E-state index contributed by atoms with van der Waals surface area (Å²) in [6.45, 7) is 0. The van der Waals surface area contributed by atoms with Crippen LogP contribution in [0.2, 0.25) is 0 Å². The van der Waals surface area contributed by atoms with Crippen molar-refractivity contribution >= 4 is 5.91 Å². The lowest BCUT2D eigenvalue weighted by molar-refractivity contribution is 0.0931. The summed E-state index contributed by atoms with van der Waals surface area (Å²) < 4.78 is 5.69. The van der Waals surface area contributed by atoms with E-state index in [0.717, 1.165) is 12.8 Å². The number of amides is 1. The van der Waals surface area contributed by atoms with E-state index in [1.807, 2.05) is 0 Å². The number of fused-ring (bicyclic) bond motifs is 2. The summed E-state index contributed by atoms with van der Waals surface area (Å²) in [5, 5.41) is 15.9. The average Bonchev–Trinajstić information content (AvgIpc) is 3.20. The molecule has 4 rings (SSSR count). The first-order valence-corrected chi connectivity index (χ1v) is 8.31. The first-order valence-electron chi connectivity index (χ1n) is 8.31. The SMILES string of the molecule is O=C(N[C@@H]1C[C@H]2CC[C@@H]1N2)c1ccc(Oc2ccc(O)cc2)cc1. The van der Waals surface area contributed by atoms with Gasteiger partial charge in [-0.05, 0) is 67.8 Å². The van der Waals surface area contributed by atoms with Crippen LogP contribution in [0.25, 0.3) is 0 Å². The molecule has 2 fully saturated rings. The van der Waals surface area contributed by atoms with E-state index in [0.29, 0.717) is 29.1 Å². The number of nitrogens with one attached hydrogen (secondary N) is 2. The minimum Gasteiger partial charge on any atom is -0.508 e. The van der Waals surface area contributed by atoms with E-state index in [1.54, 1.807) is 48.5 Å². The van der Waals surface area contributed by atoms with Crippen LogP contribution in [-0.4, -0.2) is 29.1 Å². The molecule has 3 atom stereocenters. The highest BCUT2D eigenvalue weighted by molar-refractivity contribution is 5.94. The van der Waals surface area contributed by atoms with Crippen LogP contribution in [0.5, 0.6) is 17.2 Å². The third-order valence-corrected chi connectivity index (χ3v) is 4.81. The second-order valence-corrected chi connectivity index (χ2v) is 6.48. The van der Waals surface area contributed by atoms with Crippen molar-refractivity contribution in [2.45, 2.75) is 37.4 Å². The van der Waals surface area contributed by atoms with Gasteiger partial charge in [0.15, 0.2) is 0 Å². The van der Waals surface area contributed by atoms with Gasteiger partial charge in [0.1, 0.15) is 17.2 Å². The number of carbonyl (C=O) groups is 1. The summed E-state index contributed by atoms with van der Waals surface area (Å²) >= 11 is 0. The van der Waals surface area contributed by atoms with Gasteiger partial charge in [-0.25, -0.2) is 0 Å². The van der Waals surface area contributed by atoms with Gasteiger partial charge in [0.2, 0.25) is 0 Å². The second kappa shape index (κ2) is 6.17. The van der Waals surface area contributed by atoms with Crippen molar-refractivity contribution in [1.29, 1.82) is 0 Å². The summed E-state index contributed by atoms with van der Waals surface area (Å²) in [6.07, 6.45) is 3.40. The molecule has 2 aliphatic heterocycles. The Morgan fingerprint density at radius 1 is 1.04 bits per heavy atom. The van der Waals surface area contributed by atoms with Gasteiger partial charge in [-0.1, -0.05) is 0 Å². The van der Waals surface area contributed by atoms with Crippen molar-refractivity contribution in [1.82, 2.24) is 10.6 Å². The maximum absolute atomic E-state index is 12.4. The van der Waals surface area contributed by atoms with Crippen molar-refractivity contribution in [3.8, 4) is 17.2 Å². The van der Waals surface area contributed by atoms with Gasteiger partial charge in [0.25, 0.3) is 5.91 Å². The third kappa shape index (κ3) is 3.08. The van der Waals surface area contributed by atoms with Crippen LogP contribution in [0.3, 0.4) is 0 Å². The van der Waals surface area contributed by atoms with E-state index in [4.69, 9.17) is 4.74 Å². The largest absolute Gasteiger partial charge is 0.508 e. The molecule has 2 aliphatic rings. The van der Waals surface area contributed by atoms with E-state index >= 15 is 0 Å². The topological polar surface area (TPSA) is 70.6 Å². The van der Waals surface area contributed by atoms with Crippen LogP contribution < -0.4 is 15.4 Å². The van der Waals surface area contributed by atoms with Crippen LogP contribution >= 0.6 is 0 Å². The van der Waals surface area contributed by atoms with Gasteiger partial charge in [0, 0.05) is 23.7 Å². The quantitative estimate of drug-likeness (QED) is 0.809. The molecule has 3 N–H and O–H groups in total. The molecule has 2 aromatic carbocycles. The molecule has 5 nitrogen and oxygen atoms in total. The van der Waals surface area contributed by atoms with Crippen LogP contribution in [-0.2, 0) is 0 Å². The van der Waals surface area contributed by atoms with Crippen molar-refractivity contribution in [3.05, 3.63) is 54.1 Å². The highest BCUT2D eigenvalue weighted by atomic mass is 16.5. The fourth-order valence-corrected chi connectivity index (χ4v) is 3.56. The zero-order valence-electron chi connectivity index (χ0n) is 13.2. The molecule has 5 heteroatoms. The minimum atomic E-state index is -0.0365. The monoisotopic (exact) mass is 324 g/mol. The molecule has 0 radical (unpaired) electrons. The molecular formula is C19H20N2O3. The van der Waals surface area contributed by atoms with Gasteiger partial charge in [-0.15, -0.1) is 0 Å². The number of carbonyl (C=O) groups excluding carboxylic acids is 1. The maximum atomic E-state index is 12.4. The lowest BCUT2D eigenvalue weighted by Crippen LogP contribution is -2.42. The smallest absolute Gasteiger partial charge is 0.251 e. The summed E-state index contributed by atoms with van der Waals surface area (Å²) in [6, 6.07) is 14.9. The molecule has 0 aromatic heterocycles. The Hall–Kier alpha value is -2.53. The maximum Gasteiger partial charge on any atom is 0.251 e.